The van der Waals surface area contributed by atoms with Crippen LogP contribution < -0.4 is 10.9 Å². The van der Waals surface area contributed by atoms with Crippen LogP contribution in [0.2, 0.25) is 0 Å². The summed E-state index contributed by atoms with van der Waals surface area (Å²) in [6.45, 7) is 4.83. The molecule has 0 saturated heterocycles. The summed E-state index contributed by atoms with van der Waals surface area (Å²) >= 11 is 0. The van der Waals surface area contributed by atoms with Crippen molar-refractivity contribution in [1.29, 1.82) is 0 Å². The first kappa shape index (κ1) is 22.1. The Hall–Kier alpha value is -2.15. The zero-order valence-electron chi connectivity index (χ0n) is 17.2. The number of aliphatic carboxylic acids is 1. The highest BCUT2D eigenvalue weighted by molar-refractivity contribution is 5.95. The Kier molecular flexibility index (Phi) is 7.80. The van der Waals surface area contributed by atoms with E-state index in [4.69, 9.17) is 4.74 Å². The molecule has 1 aromatic rings. The second-order valence-corrected chi connectivity index (χ2v) is 7.60. The number of nitrogens with zero attached hydrogens (tertiary/aromatic N) is 1. The van der Waals surface area contributed by atoms with Crippen LogP contribution in [0.3, 0.4) is 0 Å². The normalized spacial score (nSPS) is 15.5. The summed E-state index contributed by atoms with van der Waals surface area (Å²) in [5.74, 6) is -1.41. The quantitative estimate of drug-likeness (QED) is 0.638. The topological polar surface area (TPSA) is 97.6 Å². The number of ether oxygens (including phenoxy) is 1. The monoisotopic (exact) mass is 392 g/mol. The van der Waals surface area contributed by atoms with Gasteiger partial charge in [-0.2, -0.15) is 0 Å². The van der Waals surface area contributed by atoms with E-state index in [-0.39, 0.29) is 17.5 Å². The molecule has 0 aliphatic heterocycles. The molecule has 0 spiro atoms. The van der Waals surface area contributed by atoms with E-state index < -0.39 is 17.4 Å². The molecule has 0 atom stereocenters. The van der Waals surface area contributed by atoms with Crippen molar-refractivity contribution in [2.24, 2.45) is 0 Å². The van der Waals surface area contributed by atoms with Crippen molar-refractivity contribution in [3.63, 3.8) is 0 Å². The molecule has 1 heterocycles. The first-order chi connectivity index (χ1) is 13.4. The molecule has 1 saturated carbocycles. The van der Waals surface area contributed by atoms with Gasteiger partial charge in [0.1, 0.15) is 5.56 Å². The molecule has 2 rings (SSSR count). The highest BCUT2D eigenvalue weighted by Gasteiger charge is 2.38. The number of hydrogen-bond donors (Lipinski definition) is 2. The number of nitrogens with one attached hydrogen (secondary N) is 1. The fourth-order valence-electron chi connectivity index (χ4n) is 4.18. The number of hydrogen-bond acceptors (Lipinski definition) is 4. The van der Waals surface area contributed by atoms with Crippen molar-refractivity contribution in [2.75, 3.05) is 13.7 Å². The second kappa shape index (κ2) is 9.87. The first-order valence-electron chi connectivity index (χ1n) is 10.2. The minimum absolute atomic E-state index is 0.0875. The van der Waals surface area contributed by atoms with E-state index in [1.165, 1.54) is 0 Å². The number of aryl methyl sites for hydroxylation is 1. The minimum Gasteiger partial charge on any atom is -0.481 e. The summed E-state index contributed by atoms with van der Waals surface area (Å²) in [5, 5.41) is 12.2. The minimum atomic E-state index is -0.938. The Morgan fingerprint density at radius 1 is 1.29 bits per heavy atom. The number of carbonyl (C=O) groups is 2. The average Bonchev–Trinajstić information content (AvgIpc) is 3.08. The maximum atomic E-state index is 13.1. The molecule has 1 fully saturated rings. The van der Waals surface area contributed by atoms with Gasteiger partial charge in [-0.1, -0.05) is 33.1 Å². The number of carboxylic acid groups (broad SMARTS) is 1. The van der Waals surface area contributed by atoms with Crippen LogP contribution in [0.4, 0.5) is 0 Å². The van der Waals surface area contributed by atoms with Crippen LogP contribution in [0.1, 0.15) is 74.0 Å². The van der Waals surface area contributed by atoms with Gasteiger partial charge >= 0.3 is 5.97 Å². The molecule has 0 bridgehead atoms. The average molecular weight is 392 g/mol. The van der Waals surface area contributed by atoms with E-state index >= 15 is 0 Å². The summed E-state index contributed by atoms with van der Waals surface area (Å²) in [4.78, 5) is 37.4. The zero-order valence-corrected chi connectivity index (χ0v) is 17.2. The third-order valence-corrected chi connectivity index (χ3v) is 5.55. The molecule has 1 aromatic heterocycles. The summed E-state index contributed by atoms with van der Waals surface area (Å²) in [7, 11) is 1.58. The molecule has 1 aliphatic carbocycles. The van der Waals surface area contributed by atoms with Gasteiger partial charge in [0, 0.05) is 19.3 Å². The van der Waals surface area contributed by atoms with E-state index in [9.17, 15) is 19.5 Å². The van der Waals surface area contributed by atoms with Gasteiger partial charge in [-0.05, 0) is 37.3 Å². The molecular weight excluding hydrogens is 360 g/mol. The van der Waals surface area contributed by atoms with Crippen molar-refractivity contribution in [2.45, 2.75) is 77.3 Å². The maximum absolute atomic E-state index is 13.1. The summed E-state index contributed by atoms with van der Waals surface area (Å²) < 4.78 is 6.80. The molecule has 0 radical (unpaired) electrons. The number of carbonyl (C=O) groups excluding carboxylic acids is 1. The number of aromatic nitrogens is 1. The van der Waals surface area contributed by atoms with Crippen molar-refractivity contribution < 1.29 is 19.4 Å². The Labute approximate surface area is 166 Å². The number of rotatable bonds is 10. The standard InChI is InChI=1S/C21H32N2O5/c1-4-8-17-15(5-2)13-16(20(27)23(17)11-12-28-3)19(26)22-21(14-18(24)25)9-6-7-10-21/h13H,4-12,14H2,1-3H3,(H,22,26)(H,24,25). The largest absolute Gasteiger partial charge is 0.481 e. The van der Waals surface area contributed by atoms with Crippen molar-refractivity contribution in [3.8, 4) is 0 Å². The second-order valence-electron chi connectivity index (χ2n) is 7.60. The van der Waals surface area contributed by atoms with E-state index in [1.54, 1.807) is 17.7 Å². The highest BCUT2D eigenvalue weighted by Crippen LogP contribution is 2.33. The number of amides is 1. The third kappa shape index (κ3) is 5.01. The van der Waals surface area contributed by atoms with E-state index in [0.29, 0.717) is 32.4 Å². The fraction of sp³-hybridized carbons (Fsp3) is 0.667. The van der Waals surface area contributed by atoms with Crippen LogP contribution in [-0.2, 0) is 28.9 Å². The molecular formula is C21H32N2O5. The lowest BCUT2D eigenvalue weighted by atomic mass is 9.92. The van der Waals surface area contributed by atoms with Crippen molar-refractivity contribution in [3.05, 3.63) is 33.2 Å². The van der Waals surface area contributed by atoms with Crippen LogP contribution in [0, 0.1) is 0 Å². The smallest absolute Gasteiger partial charge is 0.305 e. The van der Waals surface area contributed by atoms with Crippen LogP contribution in [0.5, 0.6) is 0 Å². The van der Waals surface area contributed by atoms with Crippen LogP contribution in [0.25, 0.3) is 0 Å². The SMILES string of the molecule is CCCc1c(CC)cc(C(=O)NC2(CC(=O)O)CCCC2)c(=O)n1CCOC. The highest BCUT2D eigenvalue weighted by atomic mass is 16.5. The predicted octanol–water partition coefficient (Wildman–Crippen LogP) is 2.53. The Morgan fingerprint density at radius 2 is 1.96 bits per heavy atom. The van der Waals surface area contributed by atoms with Crippen LogP contribution >= 0.6 is 0 Å². The molecule has 2 N–H and O–H groups in total. The van der Waals surface area contributed by atoms with Crippen molar-refractivity contribution >= 4 is 11.9 Å². The molecule has 0 unspecified atom stereocenters. The van der Waals surface area contributed by atoms with Gasteiger partial charge in [-0.25, -0.2) is 0 Å². The van der Waals surface area contributed by atoms with Crippen LogP contribution in [-0.4, -0.2) is 40.8 Å². The lowest BCUT2D eigenvalue weighted by Gasteiger charge is -2.29. The third-order valence-electron chi connectivity index (χ3n) is 5.55. The zero-order chi connectivity index (χ0) is 20.7. The van der Waals surface area contributed by atoms with Gasteiger partial charge in [-0.15, -0.1) is 0 Å². The lowest BCUT2D eigenvalue weighted by molar-refractivity contribution is -0.138. The molecule has 28 heavy (non-hydrogen) atoms. The van der Waals surface area contributed by atoms with E-state index in [0.717, 1.165) is 36.9 Å². The van der Waals surface area contributed by atoms with Gasteiger partial charge in [0.15, 0.2) is 0 Å². The number of pyridine rings is 1. The fourth-order valence-corrected chi connectivity index (χ4v) is 4.18. The summed E-state index contributed by atoms with van der Waals surface area (Å²) in [6.07, 6.45) is 5.24. The molecule has 1 amide bonds. The molecule has 7 nitrogen and oxygen atoms in total. The summed E-state index contributed by atoms with van der Waals surface area (Å²) in [6, 6.07) is 1.69. The van der Waals surface area contributed by atoms with E-state index in [2.05, 4.69) is 12.2 Å². The van der Waals surface area contributed by atoms with Crippen molar-refractivity contribution in [1.82, 2.24) is 9.88 Å². The number of carboxylic acids is 1. The Balaban J connectivity index is 2.44. The Bertz CT molecular complexity index is 763. The van der Waals surface area contributed by atoms with Gasteiger partial charge in [0.05, 0.1) is 18.6 Å². The van der Waals surface area contributed by atoms with Crippen LogP contribution in [0.15, 0.2) is 10.9 Å². The predicted molar refractivity (Wildman–Crippen MR) is 107 cm³/mol. The molecule has 156 valence electrons. The van der Waals surface area contributed by atoms with Gasteiger partial charge in [0.25, 0.3) is 11.5 Å². The first-order valence-corrected chi connectivity index (χ1v) is 10.2. The van der Waals surface area contributed by atoms with Gasteiger partial charge in [0.2, 0.25) is 0 Å². The lowest BCUT2D eigenvalue weighted by Crippen LogP contribution is -2.49. The van der Waals surface area contributed by atoms with Gasteiger partial charge < -0.3 is 19.7 Å². The molecule has 0 aromatic carbocycles. The number of methoxy groups -OCH3 is 1. The van der Waals surface area contributed by atoms with Gasteiger partial charge in [-0.3, -0.25) is 14.4 Å². The maximum Gasteiger partial charge on any atom is 0.305 e. The Morgan fingerprint density at radius 3 is 2.50 bits per heavy atom. The van der Waals surface area contributed by atoms with E-state index in [1.807, 2.05) is 6.92 Å². The molecule has 7 heteroatoms. The summed E-state index contributed by atoms with van der Waals surface area (Å²) in [5.41, 5.74) is 0.913. The molecule has 1 aliphatic rings.